The van der Waals surface area contributed by atoms with Gasteiger partial charge >= 0.3 is 0 Å². The molecule has 1 aromatic carbocycles. The number of nitrogens with zero attached hydrogens (tertiary/aromatic N) is 2. The highest BCUT2D eigenvalue weighted by Gasteiger charge is 2.10. The number of Topliss-reactive ketones (excluding diaryl/α,β-unsaturated/α-hetero) is 1. The van der Waals surface area contributed by atoms with Gasteiger partial charge in [0.05, 0.1) is 17.1 Å². The van der Waals surface area contributed by atoms with E-state index < -0.39 is 0 Å². The normalized spacial score (nSPS) is 10.5. The second-order valence-electron chi connectivity index (χ2n) is 4.73. The second kappa shape index (κ2) is 6.41. The first-order valence-electron chi connectivity index (χ1n) is 6.72. The fraction of sp³-hybridized carbons (Fsp3) is 0.118. The van der Waals surface area contributed by atoms with E-state index in [4.69, 9.17) is 0 Å². The molecular formula is C17H14N2OS. The molecule has 0 bridgehead atoms. The van der Waals surface area contributed by atoms with E-state index >= 15 is 0 Å². The van der Waals surface area contributed by atoms with E-state index in [0.717, 1.165) is 22.7 Å². The van der Waals surface area contributed by atoms with Crippen molar-refractivity contribution in [2.24, 2.45) is 0 Å². The number of pyridine rings is 1. The molecule has 0 spiro atoms. The molecule has 0 saturated carbocycles. The largest absolute Gasteiger partial charge is 0.294 e. The summed E-state index contributed by atoms with van der Waals surface area (Å²) in [5.41, 5.74) is 2.76. The van der Waals surface area contributed by atoms with Crippen LogP contribution in [0.2, 0.25) is 0 Å². The van der Waals surface area contributed by atoms with E-state index in [0.29, 0.717) is 6.42 Å². The predicted molar refractivity (Wildman–Crippen MR) is 83.6 cm³/mol. The van der Waals surface area contributed by atoms with Gasteiger partial charge in [-0.25, -0.2) is 4.98 Å². The summed E-state index contributed by atoms with van der Waals surface area (Å²) in [5.74, 6) is 0.108. The van der Waals surface area contributed by atoms with Gasteiger partial charge in [0, 0.05) is 29.8 Å². The Labute approximate surface area is 127 Å². The highest BCUT2D eigenvalue weighted by Crippen LogP contribution is 2.16. The average molecular weight is 294 g/mol. The maximum Gasteiger partial charge on any atom is 0.168 e. The molecule has 2 heterocycles. The molecule has 0 aliphatic rings. The van der Waals surface area contributed by atoms with Crippen LogP contribution in [0.25, 0.3) is 0 Å². The second-order valence-corrected chi connectivity index (χ2v) is 5.67. The number of benzene rings is 1. The number of hydrogen-bond donors (Lipinski definition) is 0. The third kappa shape index (κ3) is 3.61. The van der Waals surface area contributed by atoms with Crippen LogP contribution in [0.5, 0.6) is 0 Å². The highest BCUT2D eigenvalue weighted by molar-refractivity contribution is 7.09. The molecular weight excluding hydrogens is 280 g/mol. The monoisotopic (exact) mass is 294 g/mol. The Morgan fingerprint density at radius 1 is 1.05 bits per heavy atom. The van der Waals surface area contributed by atoms with Crippen LogP contribution in [0.15, 0.2) is 60.2 Å². The van der Waals surface area contributed by atoms with E-state index in [1.807, 2.05) is 47.8 Å². The summed E-state index contributed by atoms with van der Waals surface area (Å²) in [7, 11) is 0. The zero-order valence-corrected chi connectivity index (χ0v) is 12.2. The number of ketones is 1. The molecule has 4 heteroatoms. The SMILES string of the molecule is O=C(Cc1csc(Cc2ccncc2)n1)c1ccccc1. The van der Waals surface area contributed by atoms with Crippen LogP contribution < -0.4 is 0 Å². The lowest BCUT2D eigenvalue weighted by Crippen LogP contribution is -2.03. The van der Waals surface area contributed by atoms with Crippen molar-refractivity contribution in [1.29, 1.82) is 0 Å². The summed E-state index contributed by atoms with van der Waals surface area (Å²) >= 11 is 1.60. The lowest BCUT2D eigenvalue weighted by atomic mass is 10.1. The Balaban J connectivity index is 1.67. The molecule has 0 aliphatic heterocycles. The van der Waals surface area contributed by atoms with Gasteiger partial charge in [0.1, 0.15) is 0 Å². The standard InChI is InChI=1S/C17H14N2OS/c20-16(14-4-2-1-3-5-14)11-15-12-21-17(19-15)10-13-6-8-18-9-7-13/h1-9,12H,10-11H2. The van der Waals surface area contributed by atoms with Gasteiger partial charge in [-0.2, -0.15) is 0 Å². The van der Waals surface area contributed by atoms with Crippen LogP contribution >= 0.6 is 11.3 Å². The van der Waals surface area contributed by atoms with Gasteiger partial charge in [0.25, 0.3) is 0 Å². The van der Waals surface area contributed by atoms with Crippen molar-refractivity contribution >= 4 is 17.1 Å². The number of aromatic nitrogens is 2. The summed E-state index contributed by atoms with van der Waals surface area (Å²) in [6.45, 7) is 0. The van der Waals surface area contributed by atoms with Gasteiger partial charge < -0.3 is 0 Å². The number of carbonyl (C=O) groups excluding carboxylic acids is 1. The molecule has 0 radical (unpaired) electrons. The maximum atomic E-state index is 12.1. The molecule has 3 nitrogen and oxygen atoms in total. The molecule has 104 valence electrons. The minimum Gasteiger partial charge on any atom is -0.294 e. The molecule has 0 fully saturated rings. The van der Waals surface area contributed by atoms with Crippen LogP contribution in [0.4, 0.5) is 0 Å². The molecule has 21 heavy (non-hydrogen) atoms. The van der Waals surface area contributed by atoms with Crippen molar-refractivity contribution in [3.05, 3.63) is 82.1 Å². The quantitative estimate of drug-likeness (QED) is 0.676. The molecule has 0 atom stereocenters. The average Bonchev–Trinajstić information content (AvgIpc) is 2.96. The van der Waals surface area contributed by atoms with Crippen molar-refractivity contribution in [3.8, 4) is 0 Å². The number of thiazole rings is 1. The summed E-state index contributed by atoms with van der Waals surface area (Å²) < 4.78 is 0. The van der Waals surface area contributed by atoms with Crippen molar-refractivity contribution in [2.75, 3.05) is 0 Å². The van der Waals surface area contributed by atoms with Gasteiger partial charge in [-0.15, -0.1) is 11.3 Å². The van der Waals surface area contributed by atoms with Gasteiger partial charge in [-0.3, -0.25) is 9.78 Å². The summed E-state index contributed by atoms with van der Waals surface area (Å²) in [6.07, 6.45) is 4.70. The van der Waals surface area contributed by atoms with Crippen LogP contribution in [0, 0.1) is 0 Å². The number of rotatable bonds is 5. The van der Waals surface area contributed by atoms with Gasteiger partial charge in [0.15, 0.2) is 5.78 Å². The summed E-state index contributed by atoms with van der Waals surface area (Å²) in [4.78, 5) is 20.7. The molecule has 0 aliphatic carbocycles. The summed E-state index contributed by atoms with van der Waals surface area (Å²) in [5, 5.41) is 2.99. The number of carbonyl (C=O) groups is 1. The Hall–Kier alpha value is -2.33. The lowest BCUT2D eigenvalue weighted by molar-refractivity contribution is 0.0992. The third-order valence-electron chi connectivity index (χ3n) is 3.14. The van der Waals surface area contributed by atoms with Crippen LogP contribution in [0.1, 0.15) is 26.6 Å². The van der Waals surface area contributed by atoms with Gasteiger partial charge in [0.2, 0.25) is 0 Å². The predicted octanol–water partition coefficient (Wildman–Crippen LogP) is 3.55. The van der Waals surface area contributed by atoms with E-state index in [9.17, 15) is 4.79 Å². The van der Waals surface area contributed by atoms with Crippen molar-refractivity contribution in [2.45, 2.75) is 12.8 Å². The zero-order chi connectivity index (χ0) is 14.5. The summed E-state index contributed by atoms with van der Waals surface area (Å²) in [6, 6.07) is 13.3. The smallest absolute Gasteiger partial charge is 0.168 e. The first kappa shape index (κ1) is 13.6. The van der Waals surface area contributed by atoms with Crippen LogP contribution in [0.3, 0.4) is 0 Å². The lowest BCUT2D eigenvalue weighted by Gasteiger charge is -1.98. The molecule has 0 unspecified atom stereocenters. The Bertz CT molecular complexity index is 723. The van der Waals surface area contributed by atoms with Crippen molar-refractivity contribution in [1.82, 2.24) is 9.97 Å². The van der Waals surface area contributed by atoms with Crippen molar-refractivity contribution < 1.29 is 4.79 Å². The first-order valence-corrected chi connectivity index (χ1v) is 7.59. The Morgan fingerprint density at radius 3 is 2.57 bits per heavy atom. The Morgan fingerprint density at radius 2 is 1.81 bits per heavy atom. The van der Waals surface area contributed by atoms with E-state index in [1.54, 1.807) is 23.7 Å². The molecule has 0 amide bonds. The molecule has 3 rings (SSSR count). The maximum absolute atomic E-state index is 12.1. The topological polar surface area (TPSA) is 42.9 Å². The van der Waals surface area contributed by atoms with Crippen LogP contribution in [-0.2, 0) is 12.8 Å². The number of hydrogen-bond acceptors (Lipinski definition) is 4. The molecule has 3 aromatic rings. The fourth-order valence-corrected chi connectivity index (χ4v) is 2.91. The minimum atomic E-state index is 0.108. The highest BCUT2D eigenvalue weighted by atomic mass is 32.1. The Kier molecular flexibility index (Phi) is 4.17. The minimum absolute atomic E-state index is 0.108. The third-order valence-corrected chi connectivity index (χ3v) is 4.04. The zero-order valence-electron chi connectivity index (χ0n) is 11.4. The van der Waals surface area contributed by atoms with Gasteiger partial charge in [-0.05, 0) is 17.7 Å². The molecule has 0 saturated heterocycles. The molecule has 0 N–H and O–H groups in total. The van der Waals surface area contributed by atoms with Crippen LogP contribution in [-0.4, -0.2) is 15.8 Å². The van der Waals surface area contributed by atoms with E-state index in [2.05, 4.69) is 9.97 Å². The van der Waals surface area contributed by atoms with E-state index in [-0.39, 0.29) is 5.78 Å². The molecule has 2 aromatic heterocycles. The van der Waals surface area contributed by atoms with Crippen molar-refractivity contribution in [3.63, 3.8) is 0 Å². The van der Waals surface area contributed by atoms with Gasteiger partial charge in [-0.1, -0.05) is 30.3 Å². The fourth-order valence-electron chi connectivity index (χ4n) is 2.08. The first-order chi connectivity index (χ1) is 10.3. The van der Waals surface area contributed by atoms with E-state index in [1.165, 1.54) is 5.56 Å².